The molecule has 28 heavy (non-hydrogen) atoms. The number of benzene rings is 1. The van der Waals surface area contributed by atoms with Crippen LogP contribution in [0.2, 0.25) is 0 Å². The summed E-state index contributed by atoms with van der Waals surface area (Å²) in [5, 5.41) is 0. The molecule has 0 spiro atoms. The maximum atomic E-state index is 12.8. The minimum Gasteiger partial charge on any atom is -0.268 e. The third-order valence-electron chi connectivity index (χ3n) is 2.68. The molecule has 156 valence electrons. The number of hydrogen-bond donors (Lipinski definition) is 0. The molecule has 0 unspecified atom stereocenters. The number of fused-ring (bicyclic) bond motifs is 1. The van der Waals surface area contributed by atoms with E-state index in [1.54, 1.807) is 0 Å². The normalized spacial score (nSPS) is 16.0. The lowest BCUT2D eigenvalue weighted by Gasteiger charge is -2.34. The highest BCUT2D eigenvalue weighted by molar-refractivity contribution is 8.48. The molecular formula is C12H4F9NO2S4. The van der Waals surface area contributed by atoms with Crippen LogP contribution in [0.15, 0.2) is 24.3 Å². The first kappa shape index (κ1) is 23.4. The molecule has 3 nitrogen and oxygen atoms in total. The predicted octanol–water partition coefficient (Wildman–Crippen LogP) is 6.30. The van der Waals surface area contributed by atoms with Crippen LogP contribution in [0.5, 0.6) is 0 Å². The Labute approximate surface area is 167 Å². The van der Waals surface area contributed by atoms with Crippen molar-refractivity contribution in [3.63, 3.8) is 0 Å². The van der Waals surface area contributed by atoms with Gasteiger partial charge in [0.2, 0.25) is 0 Å². The van der Waals surface area contributed by atoms with Crippen LogP contribution in [0.25, 0.3) is 0 Å². The van der Waals surface area contributed by atoms with Crippen LogP contribution in [0.3, 0.4) is 0 Å². The molecule has 0 saturated heterocycles. The quantitative estimate of drug-likeness (QED) is 0.207. The number of halogens is 9. The van der Waals surface area contributed by atoms with E-state index in [0.29, 0.717) is 0 Å². The van der Waals surface area contributed by atoms with Crippen LogP contribution in [0.1, 0.15) is 20.7 Å². The van der Waals surface area contributed by atoms with Crippen LogP contribution in [0.4, 0.5) is 39.5 Å². The SMILES string of the molecule is O=C1c2ccccc2C(=O)N1SC(SC(F)(F)F)(SC(F)(F)F)SC(F)(F)F. The number of imide groups is 1. The first-order valence-electron chi connectivity index (χ1n) is 6.50. The number of carbonyl (C=O) groups is 2. The van der Waals surface area contributed by atoms with E-state index in [4.69, 9.17) is 0 Å². The summed E-state index contributed by atoms with van der Waals surface area (Å²) >= 11 is -5.66. The van der Waals surface area contributed by atoms with Gasteiger partial charge in [0, 0.05) is 11.9 Å². The van der Waals surface area contributed by atoms with E-state index in [-0.39, 0.29) is 15.4 Å². The molecule has 0 N–H and O–H groups in total. The smallest absolute Gasteiger partial charge is 0.268 e. The molecule has 0 aromatic heterocycles. The summed E-state index contributed by atoms with van der Waals surface area (Å²) in [5.41, 5.74) is -17.3. The van der Waals surface area contributed by atoms with Crippen molar-refractivity contribution >= 4 is 59.0 Å². The van der Waals surface area contributed by atoms with E-state index in [2.05, 4.69) is 0 Å². The largest absolute Gasteiger partial charge is 0.444 e. The van der Waals surface area contributed by atoms with Crippen molar-refractivity contribution in [2.24, 2.45) is 0 Å². The third-order valence-corrected chi connectivity index (χ3v) is 7.79. The van der Waals surface area contributed by atoms with Crippen molar-refractivity contribution in [3.8, 4) is 0 Å². The second kappa shape index (κ2) is 7.75. The van der Waals surface area contributed by atoms with Gasteiger partial charge in [0.05, 0.1) is 11.1 Å². The van der Waals surface area contributed by atoms with Crippen LogP contribution < -0.4 is 0 Å². The molecule has 16 heteroatoms. The van der Waals surface area contributed by atoms with E-state index in [1.807, 2.05) is 0 Å². The highest BCUT2D eigenvalue weighted by Gasteiger charge is 2.59. The van der Waals surface area contributed by atoms with Gasteiger partial charge in [-0.15, -0.1) is 0 Å². The number of carbonyl (C=O) groups excluding carboxylic acids is 2. The fraction of sp³-hybridized carbons (Fsp3) is 0.333. The second-order valence-corrected chi connectivity index (χ2v) is 11.2. The van der Waals surface area contributed by atoms with Crippen molar-refractivity contribution < 1.29 is 49.1 Å². The van der Waals surface area contributed by atoms with Gasteiger partial charge in [-0.2, -0.15) is 39.5 Å². The van der Waals surface area contributed by atoms with Crippen molar-refractivity contribution in [1.29, 1.82) is 0 Å². The topological polar surface area (TPSA) is 37.4 Å². The molecule has 1 aromatic rings. The van der Waals surface area contributed by atoms with Gasteiger partial charge < -0.3 is 0 Å². The minimum atomic E-state index is -5.54. The summed E-state index contributed by atoms with van der Waals surface area (Å²) < 4.78 is 112. The summed E-state index contributed by atoms with van der Waals surface area (Å²) in [6, 6.07) is 4.68. The van der Waals surface area contributed by atoms with Gasteiger partial charge in [-0.3, -0.25) is 9.59 Å². The van der Waals surface area contributed by atoms with E-state index < -0.39 is 78.3 Å². The van der Waals surface area contributed by atoms with Crippen LogP contribution >= 0.6 is 47.2 Å². The predicted molar refractivity (Wildman–Crippen MR) is 88.2 cm³/mol. The molecule has 1 aromatic carbocycles. The van der Waals surface area contributed by atoms with E-state index in [0.717, 1.165) is 12.1 Å². The lowest BCUT2D eigenvalue weighted by Crippen LogP contribution is -2.33. The Morgan fingerprint density at radius 2 is 0.964 bits per heavy atom. The van der Waals surface area contributed by atoms with Crippen LogP contribution in [0, 0.1) is 0 Å². The first-order valence-corrected chi connectivity index (χ1v) is 9.72. The summed E-state index contributed by atoms with van der Waals surface area (Å²) in [6.45, 7) is 0. The Morgan fingerprint density at radius 1 is 0.643 bits per heavy atom. The molecule has 1 aliphatic heterocycles. The van der Waals surface area contributed by atoms with Gasteiger partial charge >= 0.3 is 16.5 Å². The molecule has 1 aliphatic rings. The number of hydrogen-bond acceptors (Lipinski definition) is 6. The number of amides is 2. The van der Waals surface area contributed by atoms with Crippen molar-refractivity contribution in [2.45, 2.75) is 19.3 Å². The van der Waals surface area contributed by atoms with E-state index in [9.17, 15) is 49.1 Å². The molecule has 0 bridgehead atoms. The maximum Gasteiger partial charge on any atom is 0.444 e. The first-order chi connectivity index (χ1) is 12.5. The van der Waals surface area contributed by atoms with Crippen molar-refractivity contribution in [2.75, 3.05) is 0 Å². The zero-order valence-corrected chi connectivity index (χ0v) is 15.9. The van der Waals surface area contributed by atoms with Gasteiger partial charge in [-0.1, -0.05) is 12.1 Å². The second-order valence-electron chi connectivity index (χ2n) is 4.68. The zero-order chi connectivity index (χ0) is 21.5. The van der Waals surface area contributed by atoms with Gasteiger partial charge in [-0.05, 0) is 47.4 Å². The van der Waals surface area contributed by atoms with Gasteiger partial charge in [-0.25, -0.2) is 4.31 Å². The third kappa shape index (κ3) is 6.06. The molecule has 1 heterocycles. The molecule has 0 saturated carbocycles. The van der Waals surface area contributed by atoms with Crippen molar-refractivity contribution in [1.82, 2.24) is 4.31 Å². The Bertz CT molecular complexity index is 702. The lowest BCUT2D eigenvalue weighted by molar-refractivity contribution is -0.0356. The molecule has 2 rings (SSSR count). The van der Waals surface area contributed by atoms with Crippen molar-refractivity contribution in [3.05, 3.63) is 35.4 Å². The van der Waals surface area contributed by atoms with Gasteiger partial charge in [0.15, 0.2) is 2.74 Å². The Hall–Kier alpha value is -0.870. The van der Waals surface area contributed by atoms with E-state index in [1.165, 1.54) is 12.1 Å². The molecule has 0 aliphatic carbocycles. The molecule has 0 fully saturated rings. The summed E-state index contributed by atoms with van der Waals surface area (Å²) in [7, 11) is 0. The standard InChI is InChI=1S/C12H4F9NO2S4/c13-9(14,15)25-12(26-10(16,17)18,27-11(19,20)21)28-22-7(23)5-3-1-2-4-6(5)8(22)24/h1-4H. The number of nitrogens with zero attached hydrogens (tertiary/aromatic N) is 1. The van der Waals surface area contributed by atoms with Crippen LogP contribution in [-0.4, -0.2) is 35.4 Å². The Kier molecular flexibility index (Phi) is 6.48. The maximum absolute atomic E-state index is 12.8. The zero-order valence-electron chi connectivity index (χ0n) is 12.6. The fourth-order valence-electron chi connectivity index (χ4n) is 1.91. The summed E-state index contributed by atoms with van der Waals surface area (Å²) in [6.07, 6.45) is 0. The van der Waals surface area contributed by atoms with Gasteiger partial charge in [0.25, 0.3) is 11.8 Å². The molecule has 0 atom stereocenters. The molecule has 2 amide bonds. The average Bonchev–Trinajstić information content (AvgIpc) is 2.67. The molecule has 0 radical (unpaired) electrons. The lowest BCUT2D eigenvalue weighted by atomic mass is 10.1. The Morgan fingerprint density at radius 3 is 1.25 bits per heavy atom. The molecular weight excluding hydrogens is 489 g/mol. The minimum absolute atomic E-state index is 0.124. The number of thioether (sulfide) groups is 3. The number of alkyl halides is 9. The summed E-state index contributed by atoms with van der Waals surface area (Å²) in [5.74, 6) is -2.63. The highest BCUT2D eigenvalue weighted by atomic mass is 32.3. The van der Waals surface area contributed by atoms with Gasteiger partial charge in [0.1, 0.15) is 0 Å². The number of rotatable bonds is 5. The Balaban J connectivity index is 2.49. The fourth-order valence-corrected chi connectivity index (χ4v) is 7.51. The average molecular weight is 493 g/mol. The summed E-state index contributed by atoms with van der Waals surface area (Å²) in [4.78, 5) is 24.4. The van der Waals surface area contributed by atoms with E-state index >= 15 is 0 Å². The highest BCUT2D eigenvalue weighted by Crippen LogP contribution is 2.67. The monoisotopic (exact) mass is 493 g/mol. The van der Waals surface area contributed by atoms with Crippen LogP contribution in [-0.2, 0) is 0 Å².